The molecule has 0 aromatic carbocycles. The Morgan fingerprint density at radius 1 is 1.69 bits per heavy atom. The van der Waals surface area contributed by atoms with Gasteiger partial charge in [0.2, 0.25) is 0 Å². The first kappa shape index (κ1) is 10.3. The molecule has 0 N–H and O–H groups in total. The van der Waals surface area contributed by atoms with E-state index in [1.54, 1.807) is 6.08 Å². The predicted octanol–water partition coefficient (Wildman–Crippen LogP) is 1.44. The molecular formula is C9H11ClO3. The lowest BCUT2D eigenvalue weighted by molar-refractivity contribution is -0.144. The van der Waals surface area contributed by atoms with E-state index in [0.717, 1.165) is 0 Å². The Hall–Kier alpha value is -0.830. The number of carbonyl (C=O) groups is 2. The molecule has 0 aliphatic heterocycles. The largest absolute Gasteiger partial charge is 0.457 e. The SMILES string of the molecule is CC(=O)OC1C=CC(=O)CCC1Cl. The Morgan fingerprint density at radius 2 is 2.38 bits per heavy atom. The third-order valence-electron chi connectivity index (χ3n) is 1.80. The van der Waals surface area contributed by atoms with Gasteiger partial charge in [0, 0.05) is 13.3 Å². The fourth-order valence-corrected chi connectivity index (χ4v) is 1.40. The van der Waals surface area contributed by atoms with Crippen LogP contribution in [0.3, 0.4) is 0 Å². The molecule has 72 valence electrons. The summed E-state index contributed by atoms with van der Waals surface area (Å²) in [5, 5.41) is -0.299. The minimum absolute atomic E-state index is 0.0281. The lowest BCUT2D eigenvalue weighted by Crippen LogP contribution is -2.23. The van der Waals surface area contributed by atoms with E-state index < -0.39 is 6.10 Å². The molecule has 0 heterocycles. The lowest BCUT2D eigenvalue weighted by Gasteiger charge is -2.16. The minimum Gasteiger partial charge on any atom is -0.457 e. The summed E-state index contributed by atoms with van der Waals surface area (Å²) in [6.07, 6.45) is 3.48. The lowest BCUT2D eigenvalue weighted by atomic mass is 10.2. The number of esters is 1. The van der Waals surface area contributed by atoms with Gasteiger partial charge in [-0.3, -0.25) is 9.59 Å². The van der Waals surface area contributed by atoms with E-state index in [9.17, 15) is 9.59 Å². The number of allylic oxidation sites excluding steroid dienone is 1. The molecule has 3 nitrogen and oxygen atoms in total. The van der Waals surface area contributed by atoms with E-state index in [-0.39, 0.29) is 17.1 Å². The molecule has 0 saturated heterocycles. The molecule has 0 amide bonds. The van der Waals surface area contributed by atoms with Gasteiger partial charge in [0.05, 0.1) is 5.38 Å². The summed E-state index contributed by atoms with van der Waals surface area (Å²) in [6, 6.07) is 0. The number of hydrogen-bond donors (Lipinski definition) is 0. The number of hydrogen-bond acceptors (Lipinski definition) is 3. The van der Waals surface area contributed by atoms with Gasteiger partial charge in [0.25, 0.3) is 0 Å². The van der Waals surface area contributed by atoms with Gasteiger partial charge in [0.1, 0.15) is 6.10 Å². The summed E-state index contributed by atoms with van der Waals surface area (Å²) in [4.78, 5) is 21.6. The van der Waals surface area contributed by atoms with E-state index in [0.29, 0.717) is 12.8 Å². The molecule has 1 rings (SSSR count). The van der Waals surface area contributed by atoms with Gasteiger partial charge in [-0.2, -0.15) is 0 Å². The highest BCUT2D eigenvalue weighted by molar-refractivity contribution is 6.21. The van der Waals surface area contributed by atoms with Crippen LogP contribution in [-0.4, -0.2) is 23.2 Å². The van der Waals surface area contributed by atoms with Crippen molar-refractivity contribution in [1.82, 2.24) is 0 Å². The first-order valence-electron chi connectivity index (χ1n) is 4.12. The molecule has 2 unspecified atom stereocenters. The van der Waals surface area contributed by atoms with E-state index in [1.165, 1.54) is 13.0 Å². The van der Waals surface area contributed by atoms with Crippen LogP contribution in [0, 0.1) is 0 Å². The van der Waals surface area contributed by atoms with Crippen LogP contribution in [-0.2, 0) is 14.3 Å². The Balaban J connectivity index is 2.64. The third-order valence-corrected chi connectivity index (χ3v) is 2.26. The van der Waals surface area contributed by atoms with Crippen LogP contribution in [0.1, 0.15) is 19.8 Å². The number of alkyl halides is 1. The standard InChI is InChI=1S/C9H11ClO3/c1-6(11)13-9-5-3-7(12)2-4-8(9)10/h3,5,8-9H,2,4H2,1H3. The molecule has 4 heteroatoms. The van der Waals surface area contributed by atoms with E-state index in [1.807, 2.05) is 0 Å². The zero-order valence-corrected chi connectivity index (χ0v) is 8.08. The van der Waals surface area contributed by atoms with Crippen molar-refractivity contribution in [3.63, 3.8) is 0 Å². The molecular weight excluding hydrogens is 192 g/mol. The first-order valence-corrected chi connectivity index (χ1v) is 4.55. The Bertz CT molecular complexity index is 247. The number of rotatable bonds is 1. The third kappa shape index (κ3) is 3.19. The Labute approximate surface area is 81.7 Å². The van der Waals surface area contributed by atoms with E-state index in [4.69, 9.17) is 16.3 Å². The molecule has 0 radical (unpaired) electrons. The van der Waals surface area contributed by atoms with Gasteiger partial charge >= 0.3 is 5.97 Å². The molecule has 0 bridgehead atoms. The van der Waals surface area contributed by atoms with Crippen molar-refractivity contribution in [2.45, 2.75) is 31.2 Å². The highest BCUT2D eigenvalue weighted by atomic mass is 35.5. The summed E-state index contributed by atoms with van der Waals surface area (Å²) in [6.45, 7) is 1.32. The molecule has 0 aromatic heterocycles. The maximum Gasteiger partial charge on any atom is 0.303 e. The van der Waals surface area contributed by atoms with Crippen molar-refractivity contribution < 1.29 is 14.3 Å². The van der Waals surface area contributed by atoms with Crippen molar-refractivity contribution in [2.24, 2.45) is 0 Å². The highest BCUT2D eigenvalue weighted by Gasteiger charge is 2.22. The summed E-state index contributed by atoms with van der Waals surface area (Å²) in [7, 11) is 0. The zero-order chi connectivity index (χ0) is 9.84. The second kappa shape index (κ2) is 4.42. The van der Waals surface area contributed by atoms with Crippen molar-refractivity contribution in [3.05, 3.63) is 12.2 Å². The van der Waals surface area contributed by atoms with Crippen LogP contribution in [0.2, 0.25) is 0 Å². The molecule has 0 fully saturated rings. The second-order valence-corrected chi connectivity index (χ2v) is 3.51. The van der Waals surface area contributed by atoms with Crippen molar-refractivity contribution in [1.29, 1.82) is 0 Å². The maximum atomic E-state index is 11.0. The number of ketones is 1. The van der Waals surface area contributed by atoms with E-state index >= 15 is 0 Å². The topological polar surface area (TPSA) is 43.4 Å². The molecule has 1 aliphatic carbocycles. The number of ether oxygens (including phenoxy) is 1. The number of halogens is 1. The molecule has 0 spiro atoms. The Kier molecular flexibility index (Phi) is 3.48. The van der Waals surface area contributed by atoms with Crippen molar-refractivity contribution in [3.8, 4) is 0 Å². The second-order valence-electron chi connectivity index (χ2n) is 2.95. The maximum absolute atomic E-state index is 11.0. The van der Waals surface area contributed by atoms with Crippen LogP contribution >= 0.6 is 11.6 Å². The molecule has 1 aliphatic rings. The molecule has 2 atom stereocenters. The van der Waals surface area contributed by atoms with Crippen LogP contribution in [0.25, 0.3) is 0 Å². The van der Waals surface area contributed by atoms with Crippen LogP contribution in [0.15, 0.2) is 12.2 Å². The Morgan fingerprint density at radius 3 is 3.00 bits per heavy atom. The molecule has 0 aromatic rings. The smallest absolute Gasteiger partial charge is 0.303 e. The first-order chi connectivity index (χ1) is 6.09. The predicted molar refractivity (Wildman–Crippen MR) is 48.6 cm³/mol. The average molecular weight is 203 g/mol. The normalized spacial score (nSPS) is 28.3. The molecule has 0 saturated carbocycles. The average Bonchev–Trinajstić information content (AvgIpc) is 2.19. The van der Waals surface area contributed by atoms with Crippen LogP contribution < -0.4 is 0 Å². The summed E-state index contributed by atoms with van der Waals surface area (Å²) in [5.41, 5.74) is 0. The number of carbonyl (C=O) groups excluding carboxylic acids is 2. The zero-order valence-electron chi connectivity index (χ0n) is 7.33. The van der Waals surface area contributed by atoms with Gasteiger partial charge < -0.3 is 4.74 Å². The summed E-state index contributed by atoms with van der Waals surface area (Å²) < 4.78 is 4.92. The monoisotopic (exact) mass is 202 g/mol. The quantitative estimate of drug-likeness (QED) is 0.478. The van der Waals surface area contributed by atoms with Gasteiger partial charge in [-0.25, -0.2) is 0 Å². The fourth-order valence-electron chi connectivity index (χ4n) is 1.16. The molecule has 13 heavy (non-hydrogen) atoms. The van der Waals surface area contributed by atoms with Gasteiger partial charge in [-0.1, -0.05) is 0 Å². The van der Waals surface area contributed by atoms with Crippen molar-refractivity contribution in [2.75, 3.05) is 0 Å². The van der Waals surface area contributed by atoms with Gasteiger partial charge in [0.15, 0.2) is 5.78 Å². The van der Waals surface area contributed by atoms with Crippen LogP contribution in [0.4, 0.5) is 0 Å². The van der Waals surface area contributed by atoms with E-state index in [2.05, 4.69) is 0 Å². The summed E-state index contributed by atoms with van der Waals surface area (Å²) in [5.74, 6) is -0.352. The minimum atomic E-state index is -0.467. The van der Waals surface area contributed by atoms with Gasteiger partial charge in [-0.05, 0) is 18.6 Å². The van der Waals surface area contributed by atoms with Crippen LogP contribution in [0.5, 0.6) is 0 Å². The fraction of sp³-hybridized carbons (Fsp3) is 0.556. The van der Waals surface area contributed by atoms with Crippen molar-refractivity contribution >= 4 is 23.4 Å². The van der Waals surface area contributed by atoms with Gasteiger partial charge in [-0.15, -0.1) is 11.6 Å². The highest BCUT2D eigenvalue weighted by Crippen LogP contribution is 2.18. The summed E-state index contributed by atoms with van der Waals surface area (Å²) >= 11 is 5.92.